The Kier molecular flexibility index (Phi) is 9.71. The van der Waals surface area contributed by atoms with Crippen molar-refractivity contribution < 1.29 is 22.3 Å². The van der Waals surface area contributed by atoms with Gasteiger partial charge >= 0.3 is 0 Å². The topological polar surface area (TPSA) is 96.9 Å². The van der Waals surface area contributed by atoms with Crippen molar-refractivity contribution >= 4 is 56.3 Å². The molecule has 2 aliphatic carbocycles. The third kappa shape index (κ3) is 6.29. The average Bonchev–Trinajstić information content (AvgIpc) is 3.58. The molecule has 2 aliphatic rings. The minimum Gasteiger partial charge on any atom is -0.497 e. The summed E-state index contributed by atoms with van der Waals surface area (Å²) in [6, 6.07) is 16.7. The third-order valence-corrected chi connectivity index (χ3v) is 13.1. The summed E-state index contributed by atoms with van der Waals surface area (Å²) in [5.41, 5.74) is 2.56. The molecular formula is C35H37Cl3FN5O4S. The van der Waals surface area contributed by atoms with Crippen molar-refractivity contribution in [2.24, 2.45) is 5.92 Å². The van der Waals surface area contributed by atoms with E-state index < -0.39 is 30.5 Å². The van der Waals surface area contributed by atoms with E-state index >= 15 is 4.39 Å². The lowest BCUT2D eigenvalue weighted by atomic mass is 9.77. The van der Waals surface area contributed by atoms with Gasteiger partial charge in [0.15, 0.2) is 0 Å². The Bertz CT molecular complexity index is 1970. The summed E-state index contributed by atoms with van der Waals surface area (Å²) in [7, 11) is 2.38. The average molecular weight is 749 g/mol. The van der Waals surface area contributed by atoms with Crippen molar-refractivity contribution in [3.8, 4) is 11.5 Å². The van der Waals surface area contributed by atoms with Gasteiger partial charge < -0.3 is 19.7 Å². The number of hydrogen-bond donors (Lipinski definition) is 1. The molecule has 4 aromatic rings. The Morgan fingerprint density at radius 1 is 1.06 bits per heavy atom. The molecule has 2 saturated carbocycles. The van der Waals surface area contributed by atoms with Gasteiger partial charge in [-0.3, -0.25) is 0 Å². The standard InChI is InChI=1S/C35H37Cl3FN5O4S/c1-21-7-6-8-23(13-21)34-18-29(43(2)3)28(17-32(34)35(34,37)38)42-27-16-26(39)31(15-25(27)36)49(45,46)44(33-11-12-40-20-41-33)19-22-9-10-24(47-4)14-30(22)48-5/h6-16,20,28-29,32,42H,17-19H2,1-5H3/t28-,29-,32+,34+/m0/s1. The number of methoxy groups -OCH3 is 2. The van der Waals surface area contributed by atoms with E-state index in [-0.39, 0.29) is 41.1 Å². The second-order valence-corrected chi connectivity index (χ2v) is 16.4. The SMILES string of the molecule is COc1ccc(CN(c2ccncn2)S(=O)(=O)c2cc(Cl)c(N[C@H]3C[C@H]4C(Cl)(Cl)[C@@]4(c4cccc(C)c4)C[C@@H]3N(C)C)cc2F)c(OC)c1. The lowest BCUT2D eigenvalue weighted by molar-refractivity contribution is 0.191. The summed E-state index contributed by atoms with van der Waals surface area (Å²) in [6.45, 7) is 1.82. The molecule has 1 N–H and O–H groups in total. The molecule has 9 nitrogen and oxygen atoms in total. The Morgan fingerprint density at radius 2 is 1.84 bits per heavy atom. The number of halogens is 4. The minimum absolute atomic E-state index is 0.0359. The number of hydrogen-bond acceptors (Lipinski definition) is 8. The summed E-state index contributed by atoms with van der Waals surface area (Å²) in [6.07, 6.45) is 3.87. The highest BCUT2D eigenvalue weighted by atomic mass is 35.5. The first-order chi connectivity index (χ1) is 23.2. The molecule has 0 spiro atoms. The number of nitrogens with zero attached hydrogens (tertiary/aromatic N) is 4. The van der Waals surface area contributed by atoms with E-state index in [1.807, 2.05) is 33.2 Å². The van der Waals surface area contributed by atoms with Crippen LogP contribution in [0.15, 0.2) is 78.1 Å². The molecule has 260 valence electrons. The zero-order valence-corrected chi connectivity index (χ0v) is 30.7. The number of fused-ring (bicyclic) bond motifs is 1. The number of alkyl halides is 2. The van der Waals surface area contributed by atoms with Crippen LogP contribution in [-0.4, -0.2) is 68.0 Å². The van der Waals surface area contributed by atoms with E-state index in [1.165, 1.54) is 32.8 Å². The van der Waals surface area contributed by atoms with Gasteiger partial charge in [0, 0.05) is 47.3 Å². The van der Waals surface area contributed by atoms with Gasteiger partial charge in [-0.1, -0.05) is 41.4 Å². The maximum atomic E-state index is 16.1. The van der Waals surface area contributed by atoms with E-state index in [0.29, 0.717) is 29.9 Å². The molecule has 1 aromatic heterocycles. The van der Waals surface area contributed by atoms with Crippen LogP contribution in [0.4, 0.5) is 15.9 Å². The first-order valence-electron chi connectivity index (χ1n) is 15.6. The maximum Gasteiger partial charge on any atom is 0.268 e. The Hall–Kier alpha value is -3.35. The quantitative estimate of drug-likeness (QED) is 0.161. The zero-order valence-electron chi connectivity index (χ0n) is 27.6. The second-order valence-electron chi connectivity index (χ2n) is 12.8. The summed E-state index contributed by atoms with van der Waals surface area (Å²) in [4.78, 5) is 9.56. The second kappa shape index (κ2) is 13.4. The summed E-state index contributed by atoms with van der Waals surface area (Å²) in [5, 5.41) is 3.45. The van der Waals surface area contributed by atoms with E-state index in [9.17, 15) is 8.42 Å². The zero-order chi connectivity index (χ0) is 35.3. The normalized spacial score (nSPS) is 22.7. The van der Waals surface area contributed by atoms with Gasteiger partial charge in [0.1, 0.15) is 38.7 Å². The Morgan fingerprint density at radius 3 is 2.49 bits per heavy atom. The van der Waals surface area contributed by atoms with Gasteiger partial charge in [0.05, 0.1) is 31.5 Å². The molecule has 0 saturated heterocycles. The molecule has 6 rings (SSSR count). The van der Waals surface area contributed by atoms with Crippen molar-refractivity contribution in [3.63, 3.8) is 0 Å². The van der Waals surface area contributed by atoms with Crippen molar-refractivity contribution in [2.45, 2.75) is 53.0 Å². The Labute approximate surface area is 301 Å². The van der Waals surface area contributed by atoms with Crippen LogP contribution in [0, 0.1) is 18.7 Å². The molecule has 0 amide bonds. The number of aromatic nitrogens is 2. The van der Waals surface area contributed by atoms with Crippen LogP contribution >= 0.6 is 34.8 Å². The van der Waals surface area contributed by atoms with Gasteiger partial charge in [-0.15, -0.1) is 23.2 Å². The maximum absolute atomic E-state index is 16.1. The largest absolute Gasteiger partial charge is 0.497 e. The van der Waals surface area contributed by atoms with Gasteiger partial charge in [0.25, 0.3) is 10.0 Å². The fourth-order valence-electron chi connectivity index (χ4n) is 7.19. The number of benzene rings is 3. The highest BCUT2D eigenvalue weighted by Gasteiger charge is 2.78. The van der Waals surface area contributed by atoms with Crippen LogP contribution in [0.2, 0.25) is 5.02 Å². The number of ether oxygens (including phenoxy) is 2. The summed E-state index contributed by atoms with van der Waals surface area (Å²) in [5.74, 6) is -0.0889. The predicted molar refractivity (Wildman–Crippen MR) is 191 cm³/mol. The lowest BCUT2D eigenvalue weighted by Gasteiger charge is -2.40. The molecule has 14 heteroatoms. The fourth-order valence-corrected chi connectivity index (χ4v) is 10.0. The van der Waals surface area contributed by atoms with Gasteiger partial charge in [-0.2, -0.15) is 0 Å². The highest BCUT2D eigenvalue weighted by molar-refractivity contribution is 7.92. The molecule has 49 heavy (non-hydrogen) atoms. The van der Waals surface area contributed by atoms with E-state index in [2.05, 4.69) is 32.3 Å². The molecule has 0 bridgehead atoms. The van der Waals surface area contributed by atoms with Crippen molar-refractivity contribution in [2.75, 3.05) is 37.9 Å². The van der Waals surface area contributed by atoms with Gasteiger partial charge in [-0.25, -0.2) is 27.1 Å². The van der Waals surface area contributed by atoms with Crippen LogP contribution in [0.5, 0.6) is 11.5 Å². The predicted octanol–water partition coefficient (Wildman–Crippen LogP) is 7.24. The van der Waals surface area contributed by atoms with Crippen LogP contribution < -0.4 is 19.1 Å². The first-order valence-corrected chi connectivity index (χ1v) is 18.2. The highest BCUT2D eigenvalue weighted by Crippen LogP contribution is 2.75. The fraction of sp³-hybridized carbons (Fsp3) is 0.371. The molecular weight excluding hydrogens is 712 g/mol. The monoisotopic (exact) mass is 747 g/mol. The van der Waals surface area contributed by atoms with Gasteiger partial charge in [-0.05, 0) is 63.7 Å². The van der Waals surface area contributed by atoms with Crippen molar-refractivity contribution in [3.05, 3.63) is 101 Å². The summed E-state index contributed by atoms with van der Waals surface area (Å²) >= 11 is 20.8. The molecule has 1 heterocycles. The van der Waals surface area contributed by atoms with Crippen LogP contribution in [-0.2, 0) is 22.0 Å². The van der Waals surface area contributed by atoms with E-state index in [1.54, 1.807) is 18.2 Å². The van der Waals surface area contributed by atoms with E-state index in [4.69, 9.17) is 44.3 Å². The van der Waals surface area contributed by atoms with Crippen molar-refractivity contribution in [1.82, 2.24) is 14.9 Å². The molecule has 0 radical (unpaired) electrons. The van der Waals surface area contributed by atoms with Crippen LogP contribution in [0.3, 0.4) is 0 Å². The summed E-state index contributed by atoms with van der Waals surface area (Å²) < 4.78 is 55.4. The van der Waals surface area contributed by atoms with Crippen LogP contribution in [0.1, 0.15) is 29.5 Å². The number of likely N-dealkylation sites (N-methyl/N-ethyl adjacent to an activating group) is 1. The smallest absolute Gasteiger partial charge is 0.268 e. The van der Waals surface area contributed by atoms with Gasteiger partial charge in [0.2, 0.25) is 0 Å². The van der Waals surface area contributed by atoms with Crippen LogP contribution in [0.25, 0.3) is 0 Å². The number of anilines is 2. The Balaban J connectivity index is 1.32. The number of aryl methyl sites for hydroxylation is 1. The van der Waals surface area contributed by atoms with Crippen molar-refractivity contribution in [1.29, 1.82) is 0 Å². The lowest BCUT2D eigenvalue weighted by Crippen LogP contribution is -2.49. The molecule has 4 atom stereocenters. The number of rotatable bonds is 11. The minimum atomic E-state index is -4.55. The molecule has 0 unspecified atom stereocenters. The number of sulfonamides is 1. The first kappa shape index (κ1) is 35.5. The molecule has 3 aromatic carbocycles. The van der Waals surface area contributed by atoms with E-state index in [0.717, 1.165) is 27.6 Å². The molecule has 0 aliphatic heterocycles. The molecule has 2 fully saturated rings. The number of nitrogens with one attached hydrogen (secondary N) is 1. The third-order valence-electron chi connectivity index (χ3n) is 9.79.